The maximum absolute atomic E-state index is 12.4. The zero-order chi connectivity index (χ0) is 15.2. The van der Waals surface area contributed by atoms with E-state index in [1.54, 1.807) is 0 Å². The van der Waals surface area contributed by atoms with Crippen LogP contribution in [0.15, 0.2) is 24.3 Å². The van der Waals surface area contributed by atoms with Gasteiger partial charge in [-0.25, -0.2) is 0 Å². The molecule has 2 rings (SSSR count). The van der Waals surface area contributed by atoms with Gasteiger partial charge >= 0.3 is 0 Å². The summed E-state index contributed by atoms with van der Waals surface area (Å²) in [5.74, 6) is 0.230. The van der Waals surface area contributed by atoms with E-state index in [2.05, 4.69) is 43.0 Å². The number of rotatable bonds is 6. The third-order valence-corrected chi connectivity index (χ3v) is 4.43. The Kier molecular flexibility index (Phi) is 5.95. The Bertz CT molecular complexity index is 455. The standard InChI is InChI=1S/C18H28N2O/c1-4-6-15-8-10-16(11-9-15)18(21)14-20(3)17-7-5-12-19(2)13-17/h8-11,17H,4-7,12-14H2,1-3H3. The van der Waals surface area contributed by atoms with Crippen LogP contribution >= 0.6 is 0 Å². The van der Waals surface area contributed by atoms with E-state index in [1.807, 2.05) is 12.1 Å². The van der Waals surface area contributed by atoms with Crippen LogP contribution in [-0.4, -0.2) is 55.4 Å². The molecular weight excluding hydrogens is 260 g/mol. The van der Waals surface area contributed by atoms with Crippen molar-refractivity contribution in [2.75, 3.05) is 33.7 Å². The zero-order valence-electron chi connectivity index (χ0n) is 13.6. The van der Waals surface area contributed by atoms with Crippen LogP contribution in [-0.2, 0) is 6.42 Å². The van der Waals surface area contributed by atoms with Crippen LogP contribution in [0.2, 0.25) is 0 Å². The highest BCUT2D eigenvalue weighted by Crippen LogP contribution is 2.14. The number of benzene rings is 1. The van der Waals surface area contributed by atoms with Gasteiger partial charge < -0.3 is 4.90 Å². The quantitative estimate of drug-likeness (QED) is 0.752. The molecule has 1 unspecified atom stereocenters. The summed E-state index contributed by atoms with van der Waals surface area (Å²) in [7, 11) is 4.24. The van der Waals surface area contributed by atoms with Crippen molar-refractivity contribution >= 4 is 5.78 Å². The van der Waals surface area contributed by atoms with E-state index in [1.165, 1.54) is 24.9 Å². The molecule has 1 saturated heterocycles. The lowest BCUT2D eigenvalue weighted by Crippen LogP contribution is -2.46. The molecule has 0 bridgehead atoms. The molecule has 1 heterocycles. The second-order valence-electron chi connectivity index (χ2n) is 6.34. The first-order chi connectivity index (χ1) is 10.1. The van der Waals surface area contributed by atoms with Crippen LogP contribution in [0, 0.1) is 0 Å². The monoisotopic (exact) mass is 288 g/mol. The smallest absolute Gasteiger partial charge is 0.176 e. The zero-order valence-corrected chi connectivity index (χ0v) is 13.6. The number of carbonyl (C=O) groups excluding carboxylic acids is 1. The Morgan fingerprint density at radius 1 is 1.33 bits per heavy atom. The molecule has 1 atom stereocenters. The summed E-state index contributed by atoms with van der Waals surface area (Å²) in [5, 5.41) is 0. The third-order valence-electron chi connectivity index (χ3n) is 4.43. The molecule has 0 radical (unpaired) electrons. The molecule has 0 saturated carbocycles. The summed E-state index contributed by atoms with van der Waals surface area (Å²) in [6, 6.07) is 8.64. The highest BCUT2D eigenvalue weighted by Gasteiger charge is 2.22. The molecular formula is C18H28N2O. The van der Waals surface area contributed by atoms with E-state index in [9.17, 15) is 4.79 Å². The van der Waals surface area contributed by atoms with Crippen molar-refractivity contribution in [3.8, 4) is 0 Å². The lowest BCUT2D eigenvalue weighted by Gasteiger charge is -2.35. The van der Waals surface area contributed by atoms with E-state index in [0.717, 1.165) is 24.9 Å². The minimum atomic E-state index is 0.230. The Hall–Kier alpha value is -1.19. The number of carbonyl (C=O) groups is 1. The molecule has 0 spiro atoms. The number of Topliss-reactive ketones (excluding diaryl/α,β-unsaturated/α-hetero) is 1. The summed E-state index contributed by atoms with van der Waals surface area (Å²) in [4.78, 5) is 17.0. The van der Waals surface area contributed by atoms with Gasteiger partial charge in [-0.15, -0.1) is 0 Å². The van der Waals surface area contributed by atoms with Gasteiger partial charge in [-0.1, -0.05) is 37.6 Å². The lowest BCUT2D eigenvalue weighted by molar-refractivity contribution is 0.0857. The first-order valence-electron chi connectivity index (χ1n) is 8.11. The van der Waals surface area contributed by atoms with Crippen molar-refractivity contribution in [3.63, 3.8) is 0 Å². The van der Waals surface area contributed by atoms with Crippen molar-refractivity contribution in [1.29, 1.82) is 0 Å². The van der Waals surface area contributed by atoms with Crippen LogP contribution in [0.1, 0.15) is 42.1 Å². The van der Waals surface area contributed by atoms with E-state index in [0.29, 0.717) is 12.6 Å². The number of hydrogen-bond acceptors (Lipinski definition) is 3. The Morgan fingerprint density at radius 3 is 2.67 bits per heavy atom. The van der Waals surface area contributed by atoms with E-state index in [-0.39, 0.29) is 5.78 Å². The number of hydrogen-bond donors (Lipinski definition) is 0. The fraction of sp³-hybridized carbons (Fsp3) is 0.611. The van der Waals surface area contributed by atoms with Crippen LogP contribution in [0.4, 0.5) is 0 Å². The number of likely N-dealkylation sites (N-methyl/N-ethyl adjacent to an activating group) is 2. The number of piperidine rings is 1. The second-order valence-corrected chi connectivity index (χ2v) is 6.34. The van der Waals surface area contributed by atoms with Crippen LogP contribution < -0.4 is 0 Å². The largest absolute Gasteiger partial charge is 0.305 e. The predicted octanol–water partition coefficient (Wildman–Crippen LogP) is 2.85. The molecule has 116 valence electrons. The van der Waals surface area contributed by atoms with Gasteiger partial charge in [-0.2, -0.15) is 0 Å². The van der Waals surface area contributed by atoms with Crippen LogP contribution in [0.5, 0.6) is 0 Å². The summed E-state index contributed by atoms with van der Waals surface area (Å²) in [6.07, 6.45) is 4.66. The minimum Gasteiger partial charge on any atom is -0.305 e. The normalized spacial score (nSPS) is 19.9. The van der Waals surface area contributed by atoms with E-state index in [4.69, 9.17) is 0 Å². The second kappa shape index (κ2) is 7.71. The van der Waals surface area contributed by atoms with Crippen LogP contribution in [0.3, 0.4) is 0 Å². The van der Waals surface area contributed by atoms with Gasteiger partial charge in [0.05, 0.1) is 6.54 Å². The predicted molar refractivity (Wildman–Crippen MR) is 87.9 cm³/mol. The van der Waals surface area contributed by atoms with Crippen molar-refractivity contribution in [1.82, 2.24) is 9.80 Å². The van der Waals surface area contributed by atoms with Crippen molar-refractivity contribution in [3.05, 3.63) is 35.4 Å². The lowest BCUT2D eigenvalue weighted by atomic mass is 10.0. The Morgan fingerprint density at radius 2 is 2.05 bits per heavy atom. The molecule has 1 aromatic rings. The molecule has 21 heavy (non-hydrogen) atoms. The first-order valence-corrected chi connectivity index (χ1v) is 8.11. The molecule has 1 aromatic carbocycles. The number of ketones is 1. The molecule has 1 fully saturated rings. The summed E-state index contributed by atoms with van der Waals surface area (Å²) >= 11 is 0. The SMILES string of the molecule is CCCc1ccc(C(=O)CN(C)C2CCCN(C)C2)cc1. The minimum absolute atomic E-state index is 0.230. The van der Waals surface area contributed by atoms with Gasteiger partial charge in [0.1, 0.15) is 0 Å². The van der Waals surface area contributed by atoms with Gasteiger partial charge in [-0.3, -0.25) is 9.69 Å². The topological polar surface area (TPSA) is 23.6 Å². The highest BCUT2D eigenvalue weighted by molar-refractivity contribution is 5.97. The van der Waals surface area contributed by atoms with Gasteiger partial charge in [-0.05, 0) is 45.5 Å². The maximum atomic E-state index is 12.4. The fourth-order valence-corrected chi connectivity index (χ4v) is 3.09. The highest BCUT2D eigenvalue weighted by atomic mass is 16.1. The van der Waals surface area contributed by atoms with Gasteiger partial charge in [0, 0.05) is 18.2 Å². The Balaban J connectivity index is 1.90. The summed E-state index contributed by atoms with van der Waals surface area (Å²) in [5.41, 5.74) is 2.15. The third kappa shape index (κ3) is 4.65. The molecule has 0 amide bonds. The van der Waals surface area contributed by atoms with Gasteiger partial charge in [0.15, 0.2) is 5.78 Å². The molecule has 0 aromatic heterocycles. The summed E-state index contributed by atoms with van der Waals surface area (Å²) < 4.78 is 0. The van der Waals surface area contributed by atoms with E-state index >= 15 is 0 Å². The number of aryl methyl sites for hydroxylation is 1. The Labute approximate surface area is 128 Å². The molecule has 3 nitrogen and oxygen atoms in total. The molecule has 1 aliphatic heterocycles. The van der Waals surface area contributed by atoms with E-state index < -0.39 is 0 Å². The molecule has 1 aliphatic rings. The molecule has 0 aliphatic carbocycles. The fourth-order valence-electron chi connectivity index (χ4n) is 3.09. The number of nitrogens with zero attached hydrogens (tertiary/aromatic N) is 2. The van der Waals surface area contributed by atoms with Gasteiger partial charge in [0.25, 0.3) is 0 Å². The molecule has 0 N–H and O–H groups in total. The van der Waals surface area contributed by atoms with Gasteiger partial charge in [0.2, 0.25) is 0 Å². The van der Waals surface area contributed by atoms with Crippen molar-refractivity contribution < 1.29 is 4.79 Å². The first kappa shape index (κ1) is 16.2. The number of likely N-dealkylation sites (tertiary alicyclic amines) is 1. The maximum Gasteiger partial charge on any atom is 0.176 e. The van der Waals surface area contributed by atoms with Crippen molar-refractivity contribution in [2.45, 2.75) is 38.6 Å². The average molecular weight is 288 g/mol. The van der Waals surface area contributed by atoms with Crippen molar-refractivity contribution in [2.24, 2.45) is 0 Å². The molecule has 3 heteroatoms. The average Bonchev–Trinajstić information content (AvgIpc) is 2.48. The van der Waals surface area contributed by atoms with Crippen LogP contribution in [0.25, 0.3) is 0 Å². The summed E-state index contributed by atoms with van der Waals surface area (Å²) in [6.45, 7) is 4.94.